The molecule has 20 heavy (non-hydrogen) atoms. The van der Waals surface area contributed by atoms with Crippen molar-refractivity contribution in [2.45, 2.75) is 6.54 Å². The van der Waals surface area contributed by atoms with Crippen molar-refractivity contribution in [3.05, 3.63) is 70.7 Å². The van der Waals surface area contributed by atoms with E-state index in [0.717, 1.165) is 17.0 Å². The number of para-hydroxylation sites is 1. The van der Waals surface area contributed by atoms with Crippen molar-refractivity contribution in [3.8, 4) is 5.75 Å². The molecule has 0 aliphatic rings. The van der Waals surface area contributed by atoms with Crippen LogP contribution >= 0.6 is 23.2 Å². The summed E-state index contributed by atoms with van der Waals surface area (Å²) in [4.78, 5) is 0. The molecule has 0 radical (unpaired) electrons. The second-order valence-corrected chi connectivity index (χ2v) is 5.03. The molecule has 2 aromatic rings. The van der Waals surface area contributed by atoms with Gasteiger partial charge in [-0.2, -0.15) is 0 Å². The first-order chi connectivity index (χ1) is 9.70. The minimum absolute atomic E-state index is 0.459. The number of halogens is 2. The fourth-order valence-electron chi connectivity index (χ4n) is 1.77. The zero-order valence-electron chi connectivity index (χ0n) is 10.9. The van der Waals surface area contributed by atoms with E-state index in [-0.39, 0.29) is 0 Å². The van der Waals surface area contributed by atoms with Gasteiger partial charge in [-0.05, 0) is 30.3 Å². The normalized spacial score (nSPS) is 10.1. The van der Waals surface area contributed by atoms with Crippen molar-refractivity contribution < 1.29 is 4.74 Å². The third-order valence-corrected chi connectivity index (χ3v) is 3.29. The summed E-state index contributed by atoms with van der Waals surface area (Å²) < 4.78 is 5.61. The Balaban J connectivity index is 2.13. The molecule has 0 bridgehead atoms. The predicted molar refractivity (Wildman–Crippen MR) is 85.9 cm³/mol. The molecule has 0 aromatic heterocycles. The summed E-state index contributed by atoms with van der Waals surface area (Å²) in [5.74, 6) is 0.786. The highest BCUT2D eigenvalue weighted by Crippen LogP contribution is 2.26. The van der Waals surface area contributed by atoms with Crippen molar-refractivity contribution in [1.29, 1.82) is 0 Å². The Kier molecular flexibility index (Phi) is 5.33. The maximum atomic E-state index is 6.11. The molecule has 2 aromatic carbocycles. The zero-order chi connectivity index (χ0) is 14.4. The Hall–Kier alpha value is -1.64. The Morgan fingerprint density at radius 2 is 1.95 bits per heavy atom. The van der Waals surface area contributed by atoms with Gasteiger partial charge in [-0.1, -0.05) is 48.0 Å². The van der Waals surface area contributed by atoms with Gasteiger partial charge in [-0.3, -0.25) is 0 Å². The lowest BCUT2D eigenvalue weighted by atomic mass is 10.2. The molecule has 0 amide bonds. The fourth-order valence-corrected chi connectivity index (χ4v) is 2.17. The van der Waals surface area contributed by atoms with Crippen LogP contribution in [-0.2, 0) is 6.54 Å². The third-order valence-electron chi connectivity index (χ3n) is 2.72. The first-order valence-corrected chi connectivity index (χ1v) is 6.97. The molecular formula is C16H15Cl2NO. The maximum absolute atomic E-state index is 6.11. The van der Waals surface area contributed by atoms with Gasteiger partial charge in [0, 0.05) is 17.1 Å². The smallest absolute Gasteiger partial charge is 0.124 e. The van der Waals surface area contributed by atoms with E-state index >= 15 is 0 Å². The van der Waals surface area contributed by atoms with Crippen LogP contribution in [0.2, 0.25) is 10.0 Å². The van der Waals surface area contributed by atoms with Crippen LogP contribution in [0, 0.1) is 0 Å². The summed E-state index contributed by atoms with van der Waals surface area (Å²) in [6, 6.07) is 13.1. The molecule has 0 aliphatic carbocycles. The molecule has 2 rings (SSSR count). The van der Waals surface area contributed by atoms with Gasteiger partial charge in [0.15, 0.2) is 0 Å². The molecule has 0 atom stereocenters. The van der Waals surface area contributed by atoms with E-state index in [1.165, 1.54) is 0 Å². The summed E-state index contributed by atoms with van der Waals surface area (Å²) in [6.45, 7) is 4.68. The van der Waals surface area contributed by atoms with Gasteiger partial charge in [0.25, 0.3) is 0 Å². The summed E-state index contributed by atoms with van der Waals surface area (Å²) in [6.07, 6.45) is 1.71. The lowest BCUT2D eigenvalue weighted by molar-refractivity contribution is 0.359. The van der Waals surface area contributed by atoms with E-state index in [0.29, 0.717) is 23.2 Å². The Labute approximate surface area is 129 Å². The molecule has 2 nitrogen and oxygen atoms in total. The largest absolute Gasteiger partial charge is 0.489 e. The van der Waals surface area contributed by atoms with E-state index in [4.69, 9.17) is 27.9 Å². The Morgan fingerprint density at radius 1 is 1.15 bits per heavy atom. The number of nitrogens with one attached hydrogen (secondary N) is 1. The number of rotatable bonds is 6. The zero-order valence-corrected chi connectivity index (χ0v) is 12.4. The van der Waals surface area contributed by atoms with E-state index in [9.17, 15) is 0 Å². The molecule has 0 fully saturated rings. The number of ether oxygens (including phenoxy) is 1. The number of anilines is 1. The second kappa shape index (κ2) is 7.22. The summed E-state index contributed by atoms with van der Waals surface area (Å²) >= 11 is 12.1. The van der Waals surface area contributed by atoms with E-state index in [2.05, 4.69) is 11.9 Å². The quantitative estimate of drug-likeness (QED) is 0.743. The van der Waals surface area contributed by atoms with E-state index in [1.807, 2.05) is 36.4 Å². The van der Waals surface area contributed by atoms with Crippen molar-refractivity contribution >= 4 is 28.9 Å². The SMILES string of the molecule is C=CCOc1ccc(Cl)cc1CNc1ccccc1Cl. The maximum Gasteiger partial charge on any atom is 0.124 e. The van der Waals surface area contributed by atoms with Crippen LogP contribution in [0.4, 0.5) is 5.69 Å². The monoisotopic (exact) mass is 307 g/mol. The van der Waals surface area contributed by atoms with Gasteiger partial charge in [-0.25, -0.2) is 0 Å². The number of benzene rings is 2. The first kappa shape index (κ1) is 14.8. The second-order valence-electron chi connectivity index (χ2n) is 4.19. The highest BCUT2D eigenvalue weighted by atomic mass is 35.5. The Bertz CT molecular complexity index is 599. The molecule has 1 N–H and O–H groups in total. The highest BCUT2D eigenvalue weighted by molar-refractivity contribution is 6.33. The molecule has 0 spiro atoms. The van der Waals surface area contributed by atoms with Crippen LogP contribution < -0.4 is 10.1 Å². The van der Waals surface area contributed by atoms with Crippen molar-refractivity contribution in [3.63, 3.8) is 0 Å². The van der Waals surface area contributed by atoms with Gasteiger partial charge < -0.3 is 10.1 Å². The summed E-state index contributed by atoms with van der Waals surface area (Å²) in [5, 5.41) is 4.63. The molecule has 104 valence electrons. The topological polar surface area (TPSA) is 21.3 Å². The first-order valence-electron chi connectivity index (χ1n) is 6.21. The number of hydrogen-bond donors (Lipinski definition) is 1. The predicted octanol–water partition coefficient (Wildman–Crippen LogP) is 5.17. The van der Waals surface area contributed by atoms with Gasteiger partial charge in [0.05, 0.1) is 10.7 Å². The minimum Gasteiger partial charge on any atom is -0.489 e. The fraction of sp³-hybridized carbons (Fsp3) is 0.125. The van der Waals surface area contributed by atoms with E-state index in [1.54, 1.807) is 12.1 Å². The van der Waals surface area contributed by atoms with Crippen LogP contribution in [0.5, 0.6) is 5.75 Å². The van der Waals surface area contributed by atoms with Gasteiger partial charge in [0.1, 0.15) is 12.4 Å². The molecular weight excluding hydrogens is 293 g/mol. The van der Waals surface area contributed by atoms with Gasteiger partial charge >= 0.3 is 0 Å². The van der Waals surface area contributed by atoms with Crippen molar-refractivity contribution in [2.75, 3.05) is 11.9 Å². The molecule has 0 saturated carbocycles. The average Bonchev–Trinajstić information content (AvgIpc) is 2.45. The average molecular weight is 308 g/mol. The molecule has 0 saturated heterocycles. The summed E-state index contributed by atoms with van der Waals surface area (Å²) in [5.41, 5.74) is 1.85. The van der Waals surface area contributed by atoms with Crippen LogP contribution in [0.25, 0.3) is 0 Å². The molecule has 0 aliphatic heterocycles. The lowest BCUT2D eigenvalue weighted by Gasteiger charge is -2.13. The van der Waals surface area contributed by atoms with Gasteiger partial charge in [-0.15, -0.1) is 0 Å². The summed E-state index contributed by atoms with van der Waals surface area (Å²) in [7, 11) is 0. The molecule has 0 unspecified atom stereocenters. The van der Waals surface area contributed by atoms with Crippen molar-refractivity contribution in [2.24, 2.45) is 0 Å². The van der Waals surface area contributed by atoms with E-state index < -0.39 is 0 Å². The van der Waals surface area contributed by atoms with Gasteiger partial charge in [0.2, 0.25) is 0 Å². The highest BCUT2D eigenvalue weighted by Gasteiger charge is 2.06. The van der Waals surface area contributed by atoms with Crippen LogP contribution in [0.1, 0.15) is 5.56 Å². The van der Waals surface area contributed by atoms with Crippen molar-refractivity contribution in [1.82, 2.24) is 0 Å². The lowest BCUT2D eigenvalue weighted by Crippen LogP contribution is -2.04. The molecule has 4 heteroatoms. The van der Waals surface area contributed by atoms with Crippen LogP contribution in [0.15, 0.2) is 55.1 Å². The van der Waals surface area contributed by atoms with Crippen LogP contribution in [-0.4, -0.2) is 6.61 Å². The third kappa shape index (κ3) is 3.92. The number of hydrogen-bond acceptors (Lipinski definition) is 2. The standard InChI is InChI=1S/C16H15Cl2NO/c1-2-9-20-16-8-7-13(17)10-12(16)11-19-15-6-4-3-5-14(15)18/h2-8,10,19H,1,9,11H2. The Morgan fingerprint density at radius 3 is 2.70 bits per heavy atom. The minimum atomic E-state index is 0.459. The van der Waals surface area contributed by atoms with Crippen LogP contribution in [0.3, 0.4) is 0 Å². The molecule has 0 heterocycles.